The van der Waals surface area contributed by atoms with E-state index in [4.69, 9.17) is 5.11 Å². The van der Waals surface area contributed by atoms with Crippen molar-refractivity contribution in [2.24, 2.45) is 5.92 Å². The molecule has 2 atom stereocenters. The van der Waals surface area contributed by atoms with Crippen molar-refractivity contribution in [1.82, 2.24) is 4.72 Å². The van der Waals surface area contributed by atoms with Crippen LogP contribution in [0, 0.1) is 5.92 Å². The van der Waals surface area contributed by atoms with Crippen LogP contribution in [-0.2, 0) is 16.4 Å². The van der Waals surface area contributed by atoms with Crippen LogP contribution >= 0.6 is 0 Å². The van der Waals surface area contributed by atoms with Gasteiger partial charge in [-0.15, -0.1) is 0 Å². The van der Waals surface area contributed by atoms with Crippen LogP contribution in [0.5, 0.6) is 0 Å². The maximum atomic E-state index is 12.3. The van der Waals surface area contributed by atoms with E-state index in [1.54, 1.807) is 24.3 Å². The Morgan fingerprint density at radius 2 is 1.95 bits per heavy atom. The van der Waals surface area contributed by atoms with Crippen molar-refractivity contribution in [2.75, 3.05) is 6.61 Å². The highest BCUT2D eigenvalue weighted by Gasteiger charge is 2.24. The van der Waals surface area contributed by atoms with Crippen molar-refractivity contribution in [2.45, 2.75) is 50.0 Å². The summed E-state index contributed by atoms with van der Waals surface area (Å²) in [6.45, 7) is 2.24. The van der Waals surface area contributed by atoms with Crippen LogP contribution in [0.15, 0.2) is 29.2 Å². The van der Waals surface area contributed by atoms with Gasteiger partial charge in [0, 0.05) is 12.6 Å². The Kier molecular flexibility index (Phi) is 5.18. The molecule has 0 aliphatic heterocycles. The highest BCUT2D eigenvalue weighted by atomic mass is 32.2. The van der Waals surface area contributed by atoms with Crippen LogP contribution < -0.4 is 4.72 Å². The number of hydrogen-bond donors (Lipinski definition) is 2. The van der Waals surface area contributed by atoms with Crippen LogP contribution in [0.3, 0.4) is 0 Å². The number of sulfonamides is 1. The van der Waals surface area contributed by atoms with Crippen molar-refractivity contribution in [3.8, 4) is 0 Å². The second kappa shape index (κ2) is 6.70. The van der Waals surface area contributed by atoms with E-state index in [-0.39, 0.29) is 12.6 Å². The monoisotopic (exact) mass is 297 g/mol. The van der Waals surface area contributed by atoms with Crippen molar-refractivity contribution >= 4 is 10.0 Å². The summed E-state index contributed by atoms with van der Waals surface area (Å²) in [4.78, 5) is 0.303. The summed E-state index contributed by atoms with van der Waals surface area (Å²) in [6, 6.07) is 6.79. The molecule has 0 heterocycles. The summed E-state index contributed by atoms with van der Waals surface area (Å²) in [5.74, 6) is 0.586. The molecule has 112 valence electrons. The maximum absolute atomic E-state index is 12.3. The van der Waals surface area contributed by atoms with Gasteiger partial charge in [-0.3, -0.25) is 0 Å². The number of benzene rings is 1. The molecular weight excluding hydrogens is 274 g/mol. The maximum Gasteiger partial charge on any atom is 0.240 e. The minimum Gasteiger partial charge on any atom is -0.396 e. The van der Waals surface area contributed by atoms with Crippen molar-refractivity contribution in [1.29, 1.82) is 0 Å². The van der Waals surface area contributed by atoms with Crippen LogP contribution in [0.25, 0.3) is 0 Å². The Balaban J connectivity index is 2.05. The normalized spacial score (nSPS) is 23.7. The lowest BCUT2D eigenvalue weighted by molar-refractivity contribution is 0.299. The van der Waals surface area contributed by atoms with Crippen LogP contribution in [0.2, 0.25) is 0 Å². The first kappa shape index (κ1) is 15.5. The first-order valence-corrected chi connectivity index (χ1v) is 8.71. The standard InChI is InChI=1S/C15H23NO3S/c1-12-3-2-4-14(11-12)16-20(18,19)15-7-5-13(6-8-15)9-10-17/h5-8,12,14,16-17H,2-4,9-11H2,1H3. The molecule has 0 spiro atoms. The minimum atomic E-state index is -3.43. The second-order valence-corrected chi connectivity index (χ2v) is 7.42. The molecule has 0 radical (unpaired) electrons. The van der Waals surface area contributed by atoms with Crippen LogP contribution in [0.4, 0.5) is 0 Å². The van der Waals surface area contributed by atoms with Gasteiger partial charge in [0.1, 0.15) is 0 Å². The number of nitrogens with one attached hydrogen (secondary N) is 1. The third-order valence-electron chi connectivity index (χ3n) is 3.89. The van der Waals surface area contributed by atoms with E-state index in [0.29, 0.717) is 17.2 Å². The van der Waals surface area contributed by atoms with Gasteiger partial charge in [0.2, 0.25) is 10.0 Å². The van der Waals surface area contributed by atoms with Gasteiger partial charge < -0.3 is 5.11 Å². The lowest BCUT2D eigenvalue weighted by Gasteiger charge is -2.27. The Hall–Kier alpha value is -0.910. The van der Waals surface area contributed by atoms with Gasteiger partial charge in [-0.05, 0) is 42.9 Å². The van der Waals surface area contributed by atoms with Gasteiger partial charge in [-0.2, -0.15) is 0 Å². The quantitative estimate of drug-likeness (QED) is 0.874. The molecule has 2 unspecified atom stereocenters. The summed E-state index contributed by atoms with van der Waals surface area (Å²) >= 11 is 0. The molecule has 4 nitrogen and oxygen atoms in total. The van der Waals surface area contributed by atoms with Gasteiger partial charge in [-0.1, -0.05) is 31.9 Å². The smallest absolute Gasteiger partial charge is 0.240 e. The van der Waals surface area contributed by atoms with Gasteiger partial charge >= 0.3 is 0 Å². The third kappa shape index (κ3) is 4.04. The average Bonchev–Trinajstić information content (AvgIpc) is 2.39. The van der Waals surface area contributed by atoms with Gasteiger partial charge in [-0.25, -0.2) is 13.1 Å². The fourth-order valence-corrected chi connectivity index (χ4v) is 4.08. The molecule has 1 aliphatic carbocycles. The predicted octanol–water partition coefficient (Wildman–Crippen LogP) is 2.08. The summed E-state index contributed by atoms with van der Waals surface area (Å²) in [5.41, 5.74) is 0.942. The number of hydrogen-bond acceptors (Lipinski definition) is 3. The molecule has 5 heteroatoms. The minimum absolute atomic E-state index is 0.0564. The molecule has 1 fully saturated rings. The Morgan fingerprint density at radius 1 is 1.25 bits per heavy atom. The number of rotatable bonds is 5. The van der Waals surface area contributed by atoms with E-state index in [1.807, 2.05) is 0 Å². The predicted molar refractivity (Wildman–Crippen MR) is 79.0 cm³/mol. The molecule has 0 saturated heterocycles. The summed E-state index contributed by atoms with van der Waals surface area (Å²) in [7, 11) is -3.43. The van der Waals surface area contributed by atoms with Gasteiger partial charge in [0.05, 0.1) is 4.90 Å². The summed E-state index contributed by atoms with van der Waals surface area (Å²) in [6.07, 6.45) is 4.67. The van der Waals surface area contributed by atoms with Crippen molar-refractivity contribution in [3.63, 3.8) is 0 Å². The van der Waals surface area contributed by atoms with E-state index in [0.717, 1.165) is 24.8 Å². The van der Waals surface area contributed by atoms with E-state index in [1.165, 1.54) is 6.42 Å². The van der Waals surface area contributed by atoms with E-state index >= 15 is 0 Å². The fourth-order valence-electron chi connectivity index (χ4n) is 2.79. The molecule has 1 aromatic rings. The van der Waals surface area contributed by atoms with Crippen LogP contribution in [0.1, 0.15) is 38.2 Å². The summed E-state index contributed by atoms with van der Waals surface area (Å²) in [5, 5.41) is 8.86. The molecule has 2 N–H and O–H groups in total. The topological polar surface area (TPSA) is 66.4 Å². The lowest BCUT2D eigenvalue weighted by Crippen LogP contribution is -2.37. The van der Waals surface area contributed by atoms with E-state index < -0.39 is 10.0 Å². The zero-order valence-electron chi connectivity index (χ0n) is 11.9. The molecule has 1 saturated carbocycles. The molecular formula is C15H23NO3S. The number of aliphatic hydroxyl groups is 1. The Labute approximate surface area is 121 Å². The molecule has 2 rings (SSSR count). The molecule has 0 aromatic heterocycles. The van der Waals surface area contributed by atoms with Crippen molar-refractivity contribution in [3.05, 3.63) is 29.8 Å². The second-order valence-electron chi connectivity index (χ2n) is 5.71. The zero-order chi connectivity index (χ0) is 14.6. The fraction of sp³-hybridized carbons (Fsp3) is 0.600. The Bertz CT molecular complexity index is 525. The summed E-state index contributed by atoms with van der Waals surface area (Å²) < 4.78 is 27.4. The molecule has 1 aliphatic rings. The Morgan fingerprint density at radius 3 is 2.55 bits per heavy atom. The van der Waals surface area contributed by atoms with Gasteiger partial charge in [0.25, 0.3) is 0 Å². The molecule has 0 amide bonds. The average molecular weight is 297 g/mol. The SMILES string of the molecule is CC1CCCC(NS(=O)(=O)c2ccc(CCO)cc2)C1. The first-order chi connectivity index (χ1) is 9.51. The van der Waals surface area contributed by atoms with E-state index in [9.17, 15) is 8.42 Å². The zero-order valence-corrected chi connectivity index (χ0v) is 12.7. The molecule has 1 aromatic carbocycles. The molecule has 0 bridgehead atoms. The highest BCUT2D eigenvalue weighted by molar-refractivity contribution is 7.89. The third-order valence-corrected chi connectivity index (χ3v) is 5.43. The lowest BCUT2D eigenvalue weighted by atomic mass is 9.88. The highest BCUT2D eigenvalue weighted by Crippen LogP contribution is 2.25. The van der Waals surface area contributed by atoms with Crippen LogP contribution in [-0.4, -0.2) is 26.2 Å². The first-order valence-electron chi connectivity index (χ1n) is 7.23. The van der Waals surface area contributed by atoms with Gasteiger partial charge in [0.15, 0.2) is 0 Å². The largest absolute Gasteiger partial charge is 0.396 e. The van der Waals surface area contributed by atoms with Crippen molar-refractivity contribution < 1.29 is 13.5 Å². The van der Waals surface area contributed by atoms with E-state index in [2.05, 4.69) is 11.6 Å². The molecule has 20 heavy (non-hydrogen) atoms. The number of aliphatic hydroxyl groups excluding tert-OH is 1.